The highest BCUT2D eigenvalue weighted by molar-refractivity contribution is 7.15. The Morgan fingerprint density at radius 1 is 1.18 bits per heavy atom. The monoisotopic (exact) mass is 326 g/mol. The molecule has 0 aliphatic heterocycles. The Morgan fingerprint density at radius 3 is 2.82 bits per heavy atom. The molecule has 2 heterocycles. The number of nitrogens with one attached hydrogen (secondary N) is 1. The van der Waals surface area contributed by atoms with Gasteiger partial charge in [-0.1, -0.05) is 36.4 Å². The number of amides is 1. The minimum Gasteiger partial charge on any atom is -0.298 e. The van der Waals surface area contributed by atoms with Crippen molar-refractivity contribution < 1.29 is 4.79 Å². The highest BCUT2D eigenvalue weighted by Crippen LogP contribution is 2.21. The number of nitrogens with zero attached hydrogens (tertiary/aromatic N) is 1. The molecule has 1 N–H and O–H groups in total. The Bertz CT molecular complexity index is 761. The van der Waals surface area contributed by atoms with Gasteiger partial charge in [-0.2, -0.15) is 0 Å². The zero-order valence-corrected chi connectivity index (χ0v) is 13.4. The summed E-state index contributed by atoms with van der Waals surface area (Å²) in [7, 11) is 0. The lowest BCUT2D eigenvalue weighted by Gasteiger charge is -1.97. The first-order valence-corrected chi connectivity index (χ1v) is 8.50. The van der Waals surface area contributed by atoms with Crippen molar-refractivity contribution in [1.82, 2.24) is 4.98 Å². The van der Waals surface area contributed by atoms with E-state index < -0.39 is 0 Å². The highest BCUT2D eigenvalue weighted by Gasteiger charge is 2.05. The Hall–Kier alpha value is -2.24. The van der Waals surface area contributed by atoms with Crippen LogP contribution in [0, 0.1) is 0 Å². The van der Waals surface area contributed by atoms with Gasteiger partial charge in [0.2, 0.25) is 5.91 Å². The molecule has 0 atom stereocenters. The molecular weight excluding hydrogens is 312 g/mol. The zero-order valence-electron chi connectivity index (χ0n) is 11.7. The van der Waals surface area contributed by atoms with Crippen LogP contribution >= 0.6 is 22.7 Å². The van der Waals surface area contributed by atoms with Crippen molar-refractivity contribution in [3.63, 3.8) is 0 Å². The van der Waals surface area contributed by atoms with Crippen LogP contribution < -0.4 is 5.32 Å². The molecule has 0 saturated carbocycles. The molecule has 0 saturated heterocycles. The van der Waals surface area contributed by atoms with E-state index >= 15 is 0 Å². The molecule has 0 spiro atoms. The molecule has 0 bridgehead atoms. The number of carbonyl (C=O) groups excluding carboxylic acids is 1. The smallest absolute Gasteiger partial charge is 0.250 e. The van der Waals surface area contributed by atoms with E-state index in [4.69, 9.17) is 0 Å². The number of thiophene rings is 1. The molecule has 0 aliphatic carbocycles. The third-order valence-corrected chi connectivity index (χ3v) is 4.70. The van der Waals surface area contributed by atoms with Crippen LogP contribution in [0.15, 0.2) is 60.1 Å². The third-order valence-electron chi connectivity index (χ3n) is 2.95. The topological polar surface area (TPSA) is 42.0 Å². The minimum absolute atomic E-state index is 0.158. The minimum atomic E-state index is -0.158. The standard InChI is InChI=1S/C17H14N2OS2/c20-16(9-8-14-7-4-10-21-14)19-17-18-12-15(22-17)11-13-5-2-1-3-6-13/h1-10,12H,11H2,(H,18,19,20). The average Bonchev–Trinajstić information content (AvgIpc) is 3.18. The van der Waals surface area contributed by atoms with Gasteiger partial charge >= 0.3 is 0 Å². The zero-order chi connectivity index (χ0) is 15.2. The fourth-order valence-corrected chi connectivity index (χ4v) is 3.40. The predicted molar refractivity (Wildman–Crippen MR) is 93.3 cm³/mol. The first-order valence-electron chi connectivity index (χ1n) is 6.81. The number of anilines is 1. The predicted octanol–water partition coefficient (Wildman–Crippen LogP) is 4.45. The maximum atomic E-state index is 11.8. The van der Waals surface area contributed by atoms with Crippen LogP contribution in [0.25, 0.3) is 6.08 Å². The fraction of sp³-hybridized carbons (Fsp3) is 0.0588. The summed E-state index contributed by atoms with van der Waals surface area (Å²) < 4.78 is 0. The van der Waals surface area contributed by atoms with Crippen molar-refractivity contribution in [3.8, 4) is 0 Å². The second-order valence-corrected chi connectivity index (χ2v) is 6.73. The maximum absolute atomic E-state index is 11.8. The summed E-state index contributed by atoms with van der Waals surface area (Å²) in [4.78, 5) is 18.3. The molecule has 22 heavy (non-hydrogen) atoms. The molecule has 0 radical (unpaired) electrons. The largest absolute Gasteiger partial charge is 0.298 e. The van der Waals surface area contributed by atoms with Crippen LogP contribution in [-0.2, 0) is 11.2 Å². The molecular formula is C17H14N2OS2. The van der Waals surface area contributed by atoms with Crippen molar-refractivity contribution in [2.45, 2.75) is 6.42 Å². The van der Waals surface area contributed by atoms with Gasteiger partial charge in [0.1, 0.15) is 0 Å². The van der Waals surface area contributed by atoms with Gasteiger partial charge in [0.25, 0.3) is 0 Å². The number of thiazole rings is 1. The summed E-state index contributed by atoms with van der Waals surface area (Å²) in [5, 5.41) is 5.41. The quantitative estimate of drug-likeness (QED) is 0.704. The summed E-state index contributed by atoms with van der Waals surface area (Å²) in [6.07, 6.45) is 5.98. The van der Waals surface area contributed by atoms with Crippen LogP contribution in [0.1, 0.15) is 15.3 Å². The van der Waals surface area contributed by atoms with E-state index in [9.17, 15) is 4.79 Å². The Morgan fingerprint density at radius 2 is 2.05 bits per heavy atom. The van der Waals surface area contributed by atoms with Crippen molar-refractivity contribution in [2.75, 3.05) is 5.32 Å². The Kier molecular flexibility index (Phi) is 4.78. The van der Waals surface area contributed by atoms with Crippen molar-refractivity contribution in [3.05, 3.63) is 75.4 Å². The van der Waals surface area contributed by atoms with Crippen LogP contribution in [0.3, 0.4) is 0 Å². The van der Waals surface area contributed by atoms with Crippen LogP contribution in [-0.4, -0.2) is 10.9 Å². The van der Waals surface area contributed by atoms with Gasteiger partial charge in [0.05, 0.1) is 0 Å². The highest BCUT2D eigenvalue weighted by atomic mass is 32.1. The summed E-state index contributed by atoms with van der Waals surface area (Å²) in [5.74, 6) is -0.158. The Balaban J connectivity index is 1.58. The molecule has 0 aliphatic rings. The first kappa shape index (κ1) is 14.7. The summed E-state index contributed by atoms with van der Waals surface area (Å²) in [6, 6.07) is 14.1. The number of aromatic nitrogens is 1. The van der Waals surface area contributed by atoms with E-state index in [0.29, 0.717) is 5.13 Å². The van der Waals surface area contributed by atoms with Crippen LogP contribution in [0.5, 0.6) is 0 Å². The molecule has 0 fully saturated rings. The van der Waals surface area contributed by atoms with E-state index in [0.717, 1.165) is 16.2 Å². The number of carbonyl (C=O) groups is 1. The van der Waals surface area contributed by atoms with Crippen molar-refractivity contribution in [2.24, 2.45) is 0 Å². The van der Waals surface area contributed by atoms with E-state index in [-0.39, 0.29) is 5.91 Å². The van der Waals surface area contributed by atoms with Gasteiger partial charge in [0, 0.05) is 28.4 Å². The summed E-state index contributed by atoms with van der Waals surface area (Å²) in [6.45, 7) is 0. The number of benzene rings is 1. The summed E-state index contributed by atoms with van der Waals surface area (Å²) >= 11 is 3.10. The molecule has 0 unspecified atom stereocenters. The van der Waals surface area contributed by atoms with Crippen molar-refractivity contribution >= 4 is 39.8 Å². The number of rotatable bonds is 5. The van der Waals surface area contributed by atoms with Crippen LogP contribution in [0.4, 0.5) is 5.13 Å². The lowest BCUT2D eigenvalue weighted by atomic mass is 10.1. The molecule has 5 heteroatoms. The molecule has 3 aromatic rings. The average molecular weight is 326 g/mol. The molecule has 3 rings (SSSR count). The maximum Gasteiger partial charge on any atom is 0.250 e. The third kappa shape index (κ3) is 4.13. The van der Waals surface area contributed by atoms with Gasteiger partial charge in [-0.3, -0.25) is 10.1 Å². The number of hydrogen-bond donors (Lipinski definition) is 1. The van der Waals surface area contributed by atoms with Crippen molar-refractivity contribution in [1.29, 1.82) is 0 Å². The van der Waals surface area contributed by atoms with Gasteiger partial charge in [-0.25, -0.2) is 4.98 Å². The molecule has 1 amide bonds. The van der Waals surface area contributed by atoms with E-state index in [1.165, 1.54) is 23.0 Å². The van der Waals surface area contributed by atoms with Gasteiger partial charge in [-0.05, 0) is 23.1 Å². The summed E-state index contributed by atoms with van der Waals surface area (Å²) in [5.41, 5.74) is 1.24. The van der Waals surface area contributed by atoms with Crippen LogP contribution in [0.2, 0.25) is 0 Å². The number of hydrogen-bond acceptors (Lipinski definition) is 4. The van der Waals surface area contributed by atoms with E-state index in [1.807, 2.05) is 41.9 Å². The van der Waals surface area contributed by atoms with E-state index in [1.54, 1.807) is 17.4 Å². The van der Waals surface area contributed by atoms with Gasteiger partial charge in [-0.15, -0.1) is 22.7 Å². The second-order valence-electron chi connectivity index (χ2n) is 4.63. The fourth-order valence-electron chi connectivity index (χ4n) is 1.94. The SMILES string of the molecule is O=C(C=Cc1cccs1)Nc1ncc(Cc2ccccc2)s1. The normalized spacial score (nSPS) is 10.9. The molecule has 3 nitrogen and oxygen atoms in total. The van der Waals surface area contributed by atoms with E-state index in [2.05, 4.69) is 22.4 Å². The molecule has 2 aromatic heterocycles. The van der Waals surface area contributed by atoms with Gasteiger partial charge < -0.3 is 0 Å². The molecule has 110 valence electrons. The lowest BCUT2D eigenvalue weighted by Crippen LogP contribution is -2.06. The lowest BCUT2D eigenvalue weighted by molar-refractivity contribution is -0.111. The first-order chi connectivity index (χ1) is 10.8. The van der Waals surface area contributed by atoms with Gasteiger partial charge in [0.15, 0.2) is 5.13 Å². The molecule has 1 aromatic carbocycles. The Labute approximate surface area is 137 Å². The second kappa shape index (κ2) is 7.15.